The summed E-state index contributed by atoms with van der Waals surface area (Å²) in [6, 6.07) is 10.8. The van der Waals surface area contributed by atoms with E-state index in [1.54, 1.807) is 25.4 Å². The molecule has 0 bridgehead atoms. The molecule has 0 saturated heterocycles. The number of anilines is 3. The summed E-state index contributed by atoms with van der Waals surface area (Å²) >= 11 is 0. The number of nitrogens with zero attached hydrogens (tertiary/aromatic N) is 2. The highest BCUT2D eigenvalue weighted by molar-refractivity contribution is 7.90. The maximum Gasteiger partial charge on any atom is 0.302 e. The van der Waals surface area contributed by atoms with E-state index in [0.717, 1.165) is 15.7 Å². The van der Waals surface area contributed by atoms with Gasteiger partial charge in [0.2, 0.25) is 0 Å². The van der Waals surface area contributed by atoms with Gasteiger partial charge in [0, 0.05) is 14.1 Å². The van der Waals surface area contributed by atoms with Crippen LogP contribution in [0.15, 0.2) is 42.6 Å². The molecule has 0 amide bonds. The highest BCUT2D eigenvalue weighted by Gasteiger charge is 2.13. The summed E-state index contributed by atoms with van der Waals surface area (Å²) in [5, 5.41) is 3.16. The molecule has 0 atom stereocenters. The minimum atomic E-state index is -3.55. The lowest BCUT2D eigenvalue weighted by Gasteiger charge is -2.13. The smallest absolute Gasteiger partial charge is 0.302 e. The third-order valence-electron chi connectivity index (χ3n) is 2.86. The van der Waals surface area contributed by atoms with E-state index in [0.29, 0.717) is 5.75 Å². The number of nitrogens with one attached hydrogen (secondary N) is 2. The first-order chi connectivity index (χ1) is 10.4. The van der Waals surface area contributed by atoms with Gasteiger partial charge in [-0.05, 0) is 24.3 Å². The number of methoxy groups -OCH3 is 1. The lowest BCUT2D eigenvalue weighted by Crippen LogP contribution is -2.29. The van der Waals surface area contributed by atoms with Gasteiger partial charge in [-0.2, -0.15) is 12.7 Å². The third-order valence-corrected chi connectivity index (χ3v) is 4.29. The fourth-order valence-electron chi connectivity index (χ4n) is 1.66. The zero-order chi connectivity index (χ0) is 16.2. The molecule has 0 unspecified atom stereocenters. The zero-order valence-corrected chi connectivity index (χ0v) is 13.4. The fraction of sp³-hybridized carbons (Fsp3) is 0.214. The summed E-state index contributed by atoms with van der Waals surface area (Å²) in [5.74, 6) is 0.958. The monoisotopic (exact) mass is 322 g/mol. The highest BCUT2D eigenvalue weighted by Crippen LogP contribution is 2.26. The molecule has 0 fully saturated rings. The van der Waals surface area contributed by atoms with Crippen molar-refractivity contribution in [2.45, 2.75) is 0 Å². The summed E-state index contributed by atoms with van der Waals surface area (Å²) in [6.45, 7) is 0. The Bertz CT molecular complexity index is 730. The van der Waals surface area contributed by atoms with Crippen LogP contribution in [0, 0.1) is 0 Å². The number of rotatable bonds is 6. The Morgan fingerprint density at radius 2 is 1.86 bits per heavy atom. The van der Waals surface area contributed by atoms with Crippen molar-refractivity contribution in [2.75, 3.05) is 31.2 Å². The molecule has 0 spiro atoms. The molecule has 1 heterocycles. The van der Waals surface area contributed by atoms with E-state index in [-0.39, 0.29) is 5.82 Å². The minimum absolute atomic E-state index is 0.249. The molecule has 1 aromatic heterocycles. The predicted octanol–water partition coefficient (Wildman–Crippen LogP) is 2.05. The molecule has 2 aromatic rings. The Morgan fingerprint density at radius 3 is 2.45 bits per heavy atom. The standard InChI is InChI=1S/C14H18N4O3S/c1-18(2)22(19,20)17-14-9-8-11(10-15-14)16-12-6-4-5-7-13(12)21-3/h4-10,16H,1-3H3,(H,15,17). The molecule has 2 rings (SSSR count). The van der Waals surface area contributed by atoms with Crippen LogP contribution < -0.4 is 14.8 Å². The quantitative estimate of drug-likeness (QED) is 0.850. The summed E-state index contributed by atoms with van der Waals surface area (Å²) < 4.78 is 32.1. The number of hydrogen-bond donors (Lipinski definition) is 2. The normalized spacial score (nSPS) is 11.3. The van der Waals surface area contributed by atoms with Gasteiger partial charge in [-0.1, -0.05) is 12.1 Å². The van der Waals surface area contributed by atoms with Gasteiger partial charge in [-0.15, -0.1) is 0 Å². The van der Waals surface area contributed by atoms with Gasteiger partial charge in [-0.25, -0.2) is 4.98 Å². The molecule has 22 heavy (non-hydrogen) atoms. The number of pyridine rings is 1. The molecule has 8 heteroatoms. The van der Waals surface area contributed by atoms with Crippen molar-refractivity contribution in [3.05, 3.63) is 42.6 Å². The van der Waals surface area contributed by atoms with Crippen LogP contribution in [0.25, 0.3) is 0 Å². The Morgan fingerprint density at radius 1 is 1.14 bits per heavy atom. The van der Waals surface area contributed by atoms with Crippen LogP contribution in [-0.2, 0) is 10.2 Å². The van der Waals surface area contributed by atoms with Crippen molar-refractivity contribution >= 4 is 27.4 Å². The van der Waals surface area contributed by atoms with Crippen LogP contribution in [0.2, 0.25) is 0 Å². The molecule has 0 radical (unpaired) electrons. The Kier molecular flexibility index (Phi) is 4.84. The van der Waals surface area contributed by atoms with Gasteiger partial charge in [0.25, 0.3) is 0 Å². The predicted molar refractivity (Wildman–Crippen MR) is 86.7 cm³/mol. The van der Waals surface area contributed by atoms with Crippen LogP contribution in [0.5, 0.6) is 5.75 Å². The Hall–Kier alpha value is -2.32. The van der Waals surface area contributed by atoms with Crippen molar-refractivity contribution in [3.63, 3.8) is 0 Å². The lowest BCUT2D eigenvalue weighted by molar-refractivity contribution is 0.417. The first-order valence-electron chi connectivity index (χ1n) is 6.49. The second-order valence-electron chi connectivity index (χ2n) is 4.65. The average Bonchev–Trinajstić information content (AvgIpc) is 2.49. The molecule has 0 aliphatic carbocycles. The Labute approximate surface area is 130 Å². The minimum Gasteiger partial charge on any atom is -0.495 e. The first kappa shape index (κ1) is 16.1. The van der Waals surface area contributed by atoms with E-state index in [4.69, 9.17) is 4.74 Å². The summed E-state index contributed by atoms with van der Waals surface area (Å²) in [7, 11) is 0.931. The molecule has 7 nitrogen and oxygen atoms in total. The van der Waals surface area contributed by atoms with E-state index >= 15 is 0 Å². The average molecular weight is 322 g/mol. The number of para-hydroxylation sites is 2. The van der Waals surface area contributed by atoms with E-state index in [1.807, 2.05) is 24.3 Å². The van der Waals surface area contributed by atoms with Crippen molar-refractivity contribution in [2.24, 2.45) is 0 Å². The molecule has 0 saturated carbocycles. The first-order valence-corrected chi connectivity index (χ1v) is 7.93. The largest absolute Gasteiger partial charge is 0.495 e. The molecular weight excluding hydrogens is 304 g/mol. The maximum absolute atomic E-state index is 11.7. The number of benzene rings is 1. The van der Waals surface area contributed by atoms with Gasteiger partial charge >= 0.3 is 10.2 Å². The Balaban J connectivity index is 2.13. The number of ether oxygens (including phenoxy) is 1. The van der Waals surface area contributed by atoms with Crippen molar-refractivity contribution in [3.8, 4) is 5.75 Å². The third kappa shape index (κ3) is 3.86. The van der Waals surface area contributed by atoms with Crippen LogP contribution in [-0.4, -0.2) is 38.9 Å². The summed E-state index contributed by atoms with van der Waals surface area (Å²) in [4.78, 5) is 4.08. The molecular formula is C14H18N4O3S. The fourth-order valence-corrected chi connectivity index (χ4v) is 2.22. The van der Waals surface area contributed by atoms with Crippen molar-refractivity contribution in [1.29, 1.82) is 0 Å². The van der Waals surface area contributed by atoms with E-state index < -0.39 is 10.2 Å². The van der Waals surface area contributed by atoms with E-state index in [9.17, 15) is 8.42 Å². The van der Waals surface area contributed by atoms with Crippen molar-refractivity contribution in [1.82, 2.24) is 9.29 Å². The van der Waals surface area contributed by atoms with E-state index in [2.05, 4.69) is 15.0 Å². The number of aromatic nitrogens is 1. The van der Waals surface area contributed by atoms with Gasteiger partial charge in [0.15, 0.2) is 0 Å². The molecule has 2 N–H and O–H groups in total. The maximum atomic E-state index is 11.7. The van der Waals surface area contributed by atoms with Crippen LogP contribution in [0.3, 0.4) is 0 Å². The molecule has 118 valence electrons. The summed E-state index contributed by atoms with van der Waals surface area (Å²) in [6.07, 6.45) is 1.54. The second-order valence-corrected chi connectivity index (χ2v) is 6.53. The van der Waals surface area contributed by atoms with Crippen LogP contribution >= 0.6 is 0 Å². The molecule has 0 aliphatic heterocycles. The van der Waals surface area contributed by atoms with Crippen LogP contribution in [0.4, 0.5) is 17.2 Å². The SMILES string of the molecule is COc1ccccc1Nc1ccc(NS(=O)(=O)N(C)C)nc1. The van der Waals surface area contributed by atoms with Crippen molar-refractivity contribution < 1.29 is 13.2 Å². The van der Waals surface area contributed by atoms with E-state index in [1.165, 1.54) is 14.1 Å². The molecule has 0 aliphatic rings. The topological polar surface area (TPSA) is 83.6 Å². The summed E-state index contributed by atoms with van der Waals surface area (Å²) in [5.41, 5.74) is 1.52. The number of hydrogen-bond acceptors (Lipinski definition) is 5. The van der Waals surface area contributed by atoms with Gasteiger partial charge in [0.05, 0.1) is 24.7 Å². The molecule has 1 aromatic carbocycles. The van der Waals surface area contributed by atoms with Gasteiger partial charge in [0.1, 0.15) is 11.6 Å². The lowest BCUT2D eigenvalue weighted by atomic mass is 10.3. The van der Waals surface area contributed by atoms with Gasteiger partial charge < -0.3 is 10.1 Å². The highest BCUT2D eigenvalue weighted by atomic mass is 32.2. The van der Waals surface area contributed by atoms with Gasteiger partial charge in [-0.3, -0.25) is 4.72 Å². The second kappa shape index (κ2) is 6.63. The van der Waals surface area contributed by atoms with Crippen LogP contribution in [0.1, 0.15) is 0 Å². The zero-order valence-electron chi connectivity index (χ0n) is 12.6.